The van der Waals surface area contributed by atoms with Crippen molar-refractivity contribution >= 4 is 5.91 Å². The molecule has 7 heteroatoms. The Labute approximate surface area is 151 Å². The predicted molar refractivity (Wildman–Crippen MR) is 96.4 cm³/mol. The normalized spacial score (nSPS) is 24.2. The highest BCUT2D eigenvalue weighted by Gasteiger charge is 2.38. The summed E-state index contributed by atoms with van der Waals surface area (Å²) in [5, 5.41) is 6.42. The van der Waals surface area contributed by atoms with E-state index in [4.69, 9.17) is 4.42 Å². The molecular formula is C19H24N4O3. The molecule has 0 radical (unpaired) electrons. The zero-order valence-electron chi connectivity index (χ0n) is 15.1. The molecule has 7 nitrogen and oxygen atoms in total. The molecule has 26 heavy (non-hydrogen) atoms. The van der Waals surface area contributed by atoms with Crippen molar-refractivity contribution < 1.29 is 9.21 Å². The molecule has 0 spiro atoms. The standard InChI is InChI=1S/C19H24N4O3/c1-3-16-22-11(2)18(26-16)19(25)21-10-15-13-7-12(8-20-9-13)14-5-4-6-17(24)23(14)15/h4-6,12-13,15,20H,3,7-10H2,1-2H3,(H,21,25)/t12-,13+,15+/m1/s1. The van der Waals surface area contributed by atoms with Crippen LogP contribution in [0.3, 0.4) is 0 Å². The number of nitrogens with zero attached hydrogens (tertiary/aromatic N) is 2. The van der Waals surface area contributed by atoms with Crippen molar-refractivity contribution in [2.45, 2.75) is 38.6 Å². The smallest absolute Gasteiger partial charge is 0.289 e. The maximum atomic E-state index is 12.6. The van der Waals surface area contributed by atoms with E-state index in [1.54, 1.807) is 13.0 Å². The number of amides is 1. The number of carbonyl (C=O) groups is 1. The molecule has 2 aliphatic heterocycles. The van der Waals surface area contributed by atoms with Crippen LogP contribution >= 0.6 is 0 Å². The summed E-state index contributed by atoms with van der Waals surface area (Å²) in [6.45, 7) is 5.87. The second-order valence-corrected chi connectivity index (χ2v) is 7.16. The zero-order chi connectivity index (χ0) is 18.3. The summed E-state index contributed by atoms with van der Waals surface area (Å²) in [5.74, 6) is 1.23. The first-order valence-corrected chi connectivity index (χ1v) is 9.25. The van der Waals surface area contributed by atoms with E-state index in [0.29, 0.717) is 36.4 Å². The second kappa shape index (κ2) is 6.72. The van der Waals surface area contributed by atoms with Crippen molar-refractivity contribution in [2.24, 2.45) is 5.92 Å². The summed E-state index contributed by atoms with van der Waals surface area (Å²) in [5.41, 5.74) is 1.66. The molecule has 1 saturated heterocycles. The van der Waals surface area contributed by atoms with Crippen molar-refractivity contribution in [1.29, 1.82) is 0 Å². The predicted octanol–water partition coefficient (Wildman–Crippen LogP) is 1.38. The van der Waals surface area contributed by atoms with Crippen LogP contribution in [0.4, 0.5) is 0 Å². The van der Waals surface area contributed by atoms with Gasteiger partial charge in [-0.2, -0.15) is 0 Å². The number of aryl methyl sites for hydroxylation is 2. The first kappa shape index (κ1) is 17.0. The van der Waals surface area contributed by atoms with Crippen LogP contribution in [0.25, 0.3) is 0 Å². The van der Waals surface area contributed by atoms with Gasteiger partial charge in [-0.1, -0.05) is 13.0 Å². The minimum absolute atomic E-state index is 0.00228. The maximum Gasteiger partial charge on any atom is 0.289 e. The van der Waals surface area contributed by atoms with Gasteiger partial charge in [0, 0.05) is 43.7 Å². The molecule has 2 aliphatic rings. The largest absolute Gasteiger partial charge is 0.435 e. The molecular weight excluding hydrogens is 332 g/mol. The van der Waals surface area contributed by atoms with Gasteiger partial charge in [0.25, 0.3) is 11.5 Å². The van der Waals surface area contributed by atoms with Crippen molar-refractivity contribution in [1.82, 2.24) is 20.2 Å². The fraction of sp³-hybridized carbons (Fsp3) is 0.526. The summed E-state index contributed by atoms with van der Waals surface area (Å²) in [6.07, 6.45) is 1.69. The van der Waals surface area contributed by atoms with E-state index >= 15 is 0 Å². The van der Waals surface area contributed by atoms with E-state index in [9.17, 15) is 9.59 Å². The van der Waals surface area contributed by atoms with Gasteiger partial charge < -0.3 is 19.6 Å². The van der Waals surface area contributed by atoms with Crippen molar-refractivity contribution in [2.75, 3.05) is 19.6 Å². The molecule has 4 rings (SSSR count). The lowest BCUT2D eigenvalue weighted by molar-refractivity contribution is 0.0902. The summed E-state index contributed by atoms with van der Waals surface area (Å²) in [7, 11) is 0. The second-order valence-electron chi connectivity index (χ2n) is 7.16. The Morgan fingerprint density at radius 1 is 1.42 bits per heavy atom. The first-order valence-electron chi connectivity index (χ1n) is 9.25. The van der Waals surface area contributed by atoms with E-state index in [1.165, 1.54) is 0 Å². The average molecular weight is 356 g/mol. The molecule has 2 N–H and O–H groups in total. The molecule has 2 bridgehead atoms. The molecule has 138 valence electrons. The Balaban J connectivity index is 1.58. The van der Waals surface area contributed by atoms with Gasteiger partial charge >= 0.3 is 0 Å². The fourth-order valence-electron chi connectivity index (χ4n) is 4.26. The molecule has 2 aromatic rings. The van der Waals surface area contributed by atoms with E-state index in [2.05, 4.69) is 15.6 Å². The number of nitrogens with one attached hydrogen (secondary N) is 2. The van der Waals surface area contributed by atoms with Crippen molar-refractivity contribution in [3.8, 4) is 0 Å². The van der Waals surface area contributed by atoms with Gasteiger partial charge in [-0.25, -0.2) is 4.98 Å². The van der Waals surface area contributed by atoms with Gasteiger partial charge in [0.2, 0.25) is 5.76 Å². The number of pyridine rings is 1. The Morgan fingerprint density at radius 3 is 3.04 bits per heavy atom. The molecule has 0 saturated carbocycles. The zero-order valence-corrected chi connectivity index (χ0v) is 15.1. The number of piperidine rings is 1. The molecule has 0 aromatic carbocycles. The third kappa shape index (κ3) is 2.86. The summed E-state index contributed by atoms with van der Waals surface area (Å²) < 4.78 is 7.42. The van der Waals surface area contributed by atoms with E-state index < -0.39 is 0 Å². The highest BCUT2D eigenvalue weighted by Crippen LogP contribution is 2.38. The lowest BCUT2D eigenvalue weighted by Crippen LogP contribution is -2.50. The van der Waals surface area contributed by atoms with Gasteiger partial charge in [0.15, 0.2) is 5.89 Å². The van der Waals surface area contributed by atoms with Gasteiger partial charge in [0.1, 0.15) is 0 Å². The lowest BCUT2D eigenvalue weighted by Gasteiger charge is -2.43. The number of aromatic nitrogens is 2. The molecule has 3 atom stereocenters. The van der Waals surface area contributed by atoms with Crippen LogP contribution in [0, 0.1) is 12.8 Å². The number of carbonyl (C=O) groups excluding carboxylic acids is 1. The van der Waals surface area contributed by atoms with Crippen LogP contribution in [0.15, 0.2) is 27.4 Å². The van der Waals surface area contributed by atoms with E-state index in [1.807, 2.05) is 23.6 Å². The summed E-state index contributed by atoms with van der Waals surface area (Å²) in [6, 6.07) is 5.39. The topological polar surface area (TPSA) is 89.2 Å². The van der Waals surface area contributed by atoms with Crippen LogP contribution in [0.1, 0.15) is 53.1 Å². The summed E-state index contributed by atoms with van der Waals surface area (Å²) >= 11 is 0. The maximum absolute atomic E-state index is 12.6. The Kier molecular flexibility index (Phi) is 4.40. The molecule has 2 aromatic heterocycles. The van der Waals surface area contributed by atoms with Gasteiger partial charge in [-0.3, -0.25) is 9.59 Å². The minimum Gasteiger partial charge on any atom is -0.435 e. The van der Waals surface area contributed by atoms with Crippen LogP contribution in [-0.2, 0) is 6.42 Å². The fourth-order valence-corrected chi connectivity index (χ4v) is 4.26. The Hall–Kier alpha value is -2.41. The van der Waals surface area contributed by atoms with Gasteiger partial charge in [-0.05, 0) is 25.3 Å². The third-order valence-corrected chi connectivity index (χ3v) is 5.52. The van der Waals surface area contributed by atoms with Gasteiger partial charge in [0.05, 0.1) is 11.7 Å². The minimum atomic E-state index is -0.272. The highest BCUT2D eigenvalue weighted by molar-refractivity contribution is 5.92. The number of hydrogen-bond acceptors (Lipinski definition) is 5. The van der Waals surface area contributed by atoms with Crippen LogP contribution in [0.5, 0.6) is 0 Å². The molecule has 0 unspecified atom stereocenters. The number of rotatable bonds is 4. The van der Waals surface area contributed by atoms with E-state index in [0.717, 1.165) is 25.2 Å². The first-order chi connectivity index (χ1) is 12.6. The Bertz CT molecular complexity index is 885. The lowest BCUT2D eigenvalue weighted by atomic mass is 9.79. The summed E-state index contributed by atoms with van der Waals surface area (Å²) in [4.78, 5) is 29.3. The van der Waals surface area contributed by atoms with Crippen LogP contribution < -0.4 is 16.2 Å². The van der Waals surface area contributed by atoms with Crippen LogP contribution in [-0.4, -0.2) is 35.1 Å². The highest BCUT2D eigenvalue weighted by atomic mass is 16.4. The third-order valence-electron chi connectivity index (χ3n) is 5.52. The van der Waals surface area contributed by atoms with Crippen molar-refractivity contribution in [3.05, 3.63) is 51.6 Å². The number of oxazole rings is 1. The molecule has 1 amide bonds. The van der Waals surface area contributed by atoms with Gasteiger partial charge in [-0.15, -0.1) is 0 Å². The molecule has 1 fully saturated rings. The number of hydrogen-bond donors (Lipinski definition) is 2. The van der Waals surface area contributed by atoms with Crippen molar-refractivity contribution in [3.63, 3.8) is 0 Å². The number of fused-ring (bicyclic) bond motifs is 4. The SMILES string of the molecule is CCc1nc(C)c(C(=O)NC[C@H]2[C@@H]3CNC[C@@H](C3)c3cccc(=O)n32)o1. The molecule has 4 heterocycles. The van der Waals surface area contributed by atoms with E-state index in [-0.39, 0.29) is 23.3 Å². The average Bonchev–Trinajstić information content (AvgIpc) is 3.03. The molecule has 0 aliphatic carbocycles. The quantitative estimate of drug-likeness (QED) is 0.864. The van der Waals surface area contributed by atoms with Crippen LogP contribution in [0.2, 0.25) is 0 Å². The monoisotopic (exact) mass is 356 g/mol. The Morgan fingerprint density at radius 2 is 2.27 bits per heavy atom.